The van der Waals surface area contributed by atoms with Crippen molar-refractivity contribution in [1.82, 2.24) is 0 Å². The number of carboxylic acid groups (broad SMARTS) is 1. The molecule has 0 aromatic carbocycles. The van der Waals surface area contributed by atoms with E-state index in [4.69, 9.17) is 5.11 Å². The van der Waals surface area contributed by atoms with Gasteiger partial charge in [-0.05, 0) is 55.8 Å². The second kappa shape index (κ2) is 11.2. The molecule has 2 aliphatic carbocycles. The number of hydrogen-bond acceptors (Lipinski definition) is 3. The van der Waals surface area contributed by atoms with E-state index in [9.17, 15) is 15.0 Å². The first-order valence-electron chi connectivity index (χ1n) is 11.6. The summed E-state index contributed by atoms with van der Waals surface area (Å²) in [7, 11) is 0. The Bertz CT molecular complexity index is 628. The van der Waals surface area contributed by atoms with Gasteiger partial charge >= 0.3 is 5.97 Å². The summed E-state index contributed by atoms with van der Waals surface area (Å²) in [6, 6.07) is 0. The minimum Gasteiger partial charge on any atom is -0.481 e. The number of aliphatic hydroxyl groups excluding tert-OH is 2. The molecule has 2 saturated carbocycles. The van der Waals surface area contributed by atoms with E-state index in [-0.39, 0.29) is 23.7 Å². The lowest BCUT2D eigenvalue weighted by molar-refractivity contribution is -0.136. The summed E-state index contributed by atoms with van der Waals surface area (Å²) in [5.41, 5.74) is 1.37. The zero-order valence-corrected chi connectivity index (χ0v) is 18.5. The maximum atomic E-state index is 10.9. The molecule has 0 spiro atoms. The standard InChI is InChI=1S/C25H40O4/c1-4-6-7-8-9-11-18(26)14-15-20-22(27)16-17-25(3)21(12-10-13-23(28)29)19(5-2)24(20)25/h12,18-20,22,24,26-27H,4-11,13,16-17H2,1-3H3,(H,28,29)/t18?,19?,20-,22+,24+,25+/m0/s1. The van der Waals surface area contributed by atoms with E-state index in [1.54, 1.807) is 0 Å². The molecular formula is C25H40O4. The first-order valence-corrected chi connectivity index (χ1v) is 11.6. The van der Waals surface area contributed by atoms with Gasteiger partial charge in [0, 0.05) is 6.42 Å². The molecular weight excluding hydrogens is 364 g/mol. The minimum absolute atomic E-state index is 0.00284. The average Bonchev–Trinajstić information content (AvgIpc) is 2.68. The number of aliphatic hydroxyl groups is 2. The molecule has 0 radical (unpaired) electrons. The highest BCUT2D eigenvalue weighted by Crippen LogP contribution is 2.65. The van der Waals surface area contributed by atoms with Crippen LogP contribution < -0.4 is 0 Å². The molecule has 2 fully saturated rings. The van der Waals surface area contributed by atoms with E-state index in [2.05, 4.69) is 38.7 Å². The van der Waals surface area contributed by atoms with Crippen molar-refractivity contribution in [2.45, 2.75) is 104 Å². The van der Waals surface area contributed by atoms with Gasteiger partial charge in [-0.15, -0.1) is 0 Å². The molecule has 4 heteroatoms. The fraction of sp³-hybridized carbons (Fsp3) is 0.800. The van der Waals surface area contributed by atoms with Gasteiger partial charge in [0.05, 0.1) is 12.0 Å². The predicted octanol–water partition coefficient (Wildman–Crippen LogP) is 4.94. The number of fused-ring (bicyclic) bond motifs is 1. The Morgan fingerprint density at radius 3 is 2.66 bits per heavy atom. The zero-order valence-electron chi connectivity index (χ0n) is 18.5. The van der Waals surface area contributed by atoms with Crippen LogP contribution in [0.2, 0.25) is 0 Å². The number of carboxylic acids is 1. The van der Waals surface area contributed by atoms with Crippen molar-refractivity contribution >= 4 is 5.97 Å². The van der Waals surface area contributed by atoms with Crippen LogP contribution in [0.3, 0.4) is 0 Å². The van der Waals surface area contributed by atoms with Crippen LogP contribution in [0, 0.1) is 35.0 Å². The molecule has 0 heterocycles. The third-order valence-corrected chi connectivity index (χ3v) is 7.15. The summed E-state index contributed by atoms with van der Waals surface area (Å²) in [6.45, 7) is 6.60. The molecule has 0 bridgehead atoms. The summed E-state index contributed by atoms with van der Waals surface area (Å²) in [5, 5.41) is 29.9. The maximum Gasteiger partial charge on any atom is 0.303 e. The van der Waals surface area contributed by atoms with Crippen LogP contribution in [0.25, 0.3) is 0 Å². The topological polar surface area (TPSA) is 77.8 Å². The number of aliphatic carboxylic acids is 1. The second-order valence-electron chi connectivity index (χ2n) is 9.19. The van der Waals surface area contributed by atoms with Crippen molar-refractivity contribution in [2.24, 2.45) is 23.2 Å². The molecule has 29 heavy (non-hydrogen) atoms. The van der Waals surface area contributed by atoms with E-state index in [0.29, 0.717) is 25.2 Å². The van der Waals surface area contributed by atoms with Crippen LogP contribution in [-0.2, 0) is 4.79 Å². The lowest BCUT2D eigenvalue weighted by Crippen LogP contribution is -2.57. The lowest BCUT2D eigenvalue weighted by Gasteiger charge is -2.62. The van der Waals surface area contributed by atoms with Crippen molar-refractivity contribution in [1.29, 1.82) is 0 Å². The molecule has 0 amide bonds. The normalized spacial score (nSPS) is 33.3. The maximum absolute atomic E-state index is 10.9. The van der Waals surface area contributed by atoms with Crippen molar-refractivity contribution < 1.29 is 20.1 Å². The Balaban J connectivity index is 2.03. The monoisotopic (exact) mass is 404 g/mol. The average molecular weight is 405 g/mol. The summed E-state index contributed by atoms with van der Waals surface area (Å²) < 4.78 is 0. The molecule has 164 valence electrons. The van der Waals surface area contributed by atoms with Crippen LogP contribution in [-0.4, -0.2) is 33.5 Å². The Morgan fingerprint density at radius 1 is 1.28 bits per heavy atom. The summed E-state index contributed by atoms with van der Waals surface area (Å²) in [6.07, 6.45) is 11.0. The Hall–Kier alpha value is -1.31. The SMILES string of the molecule is CCCCCCCC(O)C#C[C@H]1[C@H](O)CC[C@]2(C)C(=CCCC(=O)O)C(CC)[C@H]12. The third kappa shape index (κ3) is 5.86. The number of hydrogen-bond donors (Lipinski definition) is 3. The van der Waals surface area contributed by atoms with Gasteiger partial charge in [-0.25, -0.2) is 0 Å². The molecule has 0 aromatic rings. The number of unbranched alkanes of at least 4 members (excludes halogenated alkanes) is 4. The minimum atomic E-state index is -0.762. The van der Waals surface area contributed by atoms with Gasteiger partial charge < -0.3 is 15.3 Å². The van der Waals surface area contributed by atoms with Crippen LogP contribution in [0.4, 0.5) is 0 Å². The predicted molar refractivity (Wildman–Crippen MR) is 116 cm³/mol. The lowest BCUT2D eigenvalue weighted by atomic mass is 9.42. The fourth-order valence-electron chi connectivity index (χ4n) is 5.58. The smallest absolute Gasteiger partial charge is 0.303 e. The van der Waals surface area contributed by atoms with Crippen LogP contribution in [0.15, 0.2) is 11.6 Å². The number of allylic oxidation sites excluding steroid dienone is 2. The molecule has 0 aromatic heterocycles. The van der Waals surface area contributed by atoms with Gasteiger partial charge in [0.1, 0.15) is 6.10 Å². The number of rotatable bonds is 10. The molecule has 2 aliphatic rings. The summed E-state index contributed by atoms with van der Waals surface area (Å²) >= 11 is 0. The van der Waals surface area contributed by atoms with Crippen molar-refractivity contribution in [3.63, 3.8) is 0 Å². The molecule has 2 unspecified atom stereocenters. The van der Waals surface area contributed by atoms with Crippen molar-refractivity contribution in [3.8, 4) is 11.8 Å². The third-order valence-electron chi connectivity index (χ3n) is 7.15. The highest BCUT2D eigenvalue weighted by Gasteiger charge is 2.59. The van der Waals surface area contributed by atoms with E-state index in [1.165, 1.54) is 24.8 Å². The van der Waals surface area contributed by atoms with Crippen LogP contribution >= 0.6 is 0 Å². The van der Waals surface area contributed by atoms with Gasteiger partial charge in [-0.1, -0.05) is 69.9 Å². The largest absolute Gasteiger partial charge is 0.481 e. The van der Waals surface area contributed by atoms with Crippen molar-refractivity contribution in [2.75, 3.05) is 0 Å². The molecule has 4 nitrogen and oxygen atoms in total. The van der Waals surface area contributed by atoms with Crippen LogP contribution in [0.1, 0.15) is 91.4 Å². The highest BCUT2D eigenvalue weighted by atomic mass is 16.4. The van der Waals surface area contributed by atoms with E-state index in [0.717, 1.165) is 25.7 Å². The van der Waals surface area contributed by atoms with Gasteiger partial charge in [-0.3, -0.25) is 4.79 Å². The molecule has 6 atom stereocenters. The quantitative estimate of drug-likeness (QED) is 0.274. The second-order valence-corrected chi connectivity index (χ2v) is 9.19. The first kappa shape index (κ1) is 24.0. The fourth-order valence-corrected chi connectivity index (χ4v) is 5.58. The first-order chi connectivity index (χ1) is 13.8. The van der Waals surface area contributed by atoms with Gasteiger partial charge in [0.2, 0.25) is 0 Å². The van der Waals surface area contributed by atoms with E-state index < -0.39 is 18.2 Å². The molecule has 2 rings (SSSR count). The molecule has 3 N–H and O–H groups in total. The highest BCUT2D eigenvalue weighted by molar-refractivity contribution is 5.66. The zero-order chi connectivity index (χ0) is 21.4. The van der Waals surface area contributed by atoms with E-state index >= 15 is 0 Å². The van der Waals surface area contributed by atoms with Gasteiger partial charge in [0.25, 0.3) is 0 Å². The van der Waals surface area contributed by atoms with Gasteiger partial charge in [-0.2, -0.15) is 0 Å². The Kier molecular flexibility index (Phi) is 9.24. The van der Waals surface area contributed by atoms with Gasteiger partial charge in [0.15, 0.2) is 0 Å². The van der Waals surface area contributed by atoms with E-state index in [1.807, 2.05) is 0 Å². The van der Waals surface area contributed by atoms with Crippen LogP contribution in [0.5, 0.6) is 0 Å². The summed E-state index contributed by atoms with van der Waals surface area (Å²) in [4.78, 5) is 10.9. The molecule has 0 saturated heterocycles. The Labute approximate surface area is 176 Å². The van der Waals surface area contributed by atoms with Crippen molar-refractivity contribution in [3.05, 3.63) is 11.6 Å². The Morgan fingerprint density at radius 2 is 2.00 bits per heavy atom. The summed E-state index contributed by atoms with van der Waals surface area (Å²) in [5.74, 6) is 6.09. The molecule has 0 aliphatic heterocycles. The number of carbonyl (C=O) groups is 1.